The first-order chi connectivity index (χ1) is 3.00. The first kappa shape index (κ1) is 16.9. The quantitative estimate of drug-likeness (QED) is 0.433. The third kappa shape index (κ3) is 23.5. The van der Waals surface area contributed by atoms with Gasteiger partial charge in [0.25, 0.3) is 0 Å². The molecule has 0 N–H and O–H groups in total. The molecular weight excluding hydrogens is 478 g/mol. The topological polar surface area (TPSA) is 0 Å². The number of hydrogen-bond acceptors (Lipinski definition) is 0. The second kappa shape index (κ2) is 33.5. The zero-order chi connectivity index (χ0) is 6.00. The molecule has 0 aliphatic rings. The van der Waals surface area contributed by atoms with Gasteiger partial charge >= 0.3 is 135 Å². The third-order valence-electron chi connectivity index (χ3n) is 0. The van der Waals surface area contributed by atoms with Crippen molar-refractivity contribution >= 4 is 99.8 Å². The molecule has 26 valence electrons. The fourth-order valence-electron chi connectivity index (χ4n) is 0. The molecule has 0 heterocycles. The summed E-state index contributed by atoms with van der Waals surface area (Å²) in [6.45, 7) is 0. The molecule has 0 unspecified atom stereocenters. The van der Waals surface area contributed by atoms with Crippen LogP contribution in [0.2, 0.25) is 0 Å². The number of hydrogen-bond donors (Lipinski definition) is 0. The molecule has 0 atom stereocenters. The van der Waals surface area contributed by atoms with Crippen LogP contribution in [0.5, 0.6) is 0 Å². The maximum absolute atomic E-state index is 9.69. The number of halogens is 2. The third-order valence-corrected chi connectivity index (χ3v) is 0. The predicted octanol–water partition coefficient (Wildman–Crippen LogP) is 0.0738. The SMILES string of the molecule is [F][K].[F][K].[Ta][Ta]. The van der Waals surface area contributed by atoms with Gasteiger partial charge in [-0.2, -0.15) is 0 Å². The standard InChI is InChI=1S/2FH.2K.2Ta/h2*1H;;;;/q;;2*+1;;/p-2. The molecule has 0 rings (SSSR count). The first-order valence-electron chi connectivity index (χ1n) is 0.956. The van der Waals surface area contributed by atoms with Crippen LogP contribution in [0.4, 0.5) is -0.421 Å². The van der Waals surface area contributed by atoms with Crippen LogP contribution in [0.1, 0.15) is 0 Å². The average Bonchev–Trinajstić information content (AvgIpc) is 1.81. The molecule has 0 spiro atoms. The van der Waals surface area contributed by atoms with Crippen molar-refractivity contribution in [3.63, 3.8) is 0 Å². The van der Waals surface area contributed by atoms with Crippen LogP contribution >= 0.6 is 0 Å². The Bertz CT molecular complexity index is 9.51. The molecule has 0 saturated heterocycles. The van der Waals surface area contributed by atoms with Crippen molar-refractivity contribution in [3.05, 3.63) is 0 Å². The normalized spacial score (nSPS) is 3.00. The van der Waals surface area contributed by atoms with Crippen molar-refractivity contribution in [2.75, 3.05) is 0 Å². The van der Waals surface area contributed by atoms with Gasteiger partial charge in [-0.05, 0) is 0 Å². The summed E-state index contributed by atoms with van der Waals surface area (Å²) in [5, 5.41) is 0. The van der Waals surface area contributed by atoms with Gasteiger partial charge in [-0.1, -0.05) is 0 Å². The van der Waals surface area contributed by atoms with Crippen LogP contribution in [0.25, 0.3) is 0 Å². The van der Waals surface area contributed by atoms with E-state index in [0.717, 1.165) is 0 Å². The summed E-state index contributed by atoms with van der Waals surface area (Å²) < 4.78 is 19.4. The van der Waals surface area contributed by atoms with Gasteiger partial charge in [-0.3, -0.25) is 0 Å². The van der Waals surface area contributed by atoms with Gasteiger partial charge in [-0.25, -0.2) is 0 Å². The Morgan fingerprint density at radius 3 is 0.833 bits per heavy atom. The summed E-state index contributed by atoms with van der Waals surface area (Å²) in [6, 6.07) is 0. The van der Waals surface area contributed by atoms with E-state index in [9.17, 15) is -0.421 Å². The monoisotopic (exact) mass is 478 g/mol. The fourth-order valence-corrected chi connectivity index (χ4v) is 0. The van der Waals surface area contributed by atoms with Crippen LogP contribution in [-0.4, -0.2) is 99.8 Å². The molecule has 0 fully saturated rings. The van der Waals surface area contributed by atoms with Gasteiger partial charge in [0.1, 0.15) is 0 Å². The van der Waals surface area contributed by atoms with Gasteiger partial charge < -0.3 is 0 Å². The van der Waals surface area contributed by atoms with E-state index in [1.165, 1.54) is 0 Å². The van der Waals surface area contributed by atoms with Crippen molar-refractivity contribution in [2.24, 2.45) is 0 Å². The van der Waals surface area contributed by atoms with E-state index in [1.807, 2.05) is 0 Å². The van der Waals surface area contributed by atoms with E-state index in [-0.39, 0.29) is 0 Å². The zero-order valence-corrected chi connectivity index (χ0v) is 16.3. The zero-order valence-electron chi connectivity index (χ0n) is 3.65. The van der Waals surface area contributed by atoms with Gasteiger partial charge in [0.15, 0.2) is 0 Å². The Hall–Kier alpha value is 4.61. The molecule has 0 aromatic heterocycles. The van der Waals surface area contributed by atoms with Gasteiger partial charge in [0.05, 0.1) is 0 Å². The van der Waals surface area contributed by atoms with Gasteiger partial charge in [0, 0.05) is 0 Å². The van der Waals surface area contributed by atoms with Crippen LogP contribution in [0, 0.1) is 0 Å². The van der Waals surface area contributed by atoms with Crippen molar-refractivity contribution in [1.29, 1.82) is 0 Å². The second-order valence-electron chi connectivity index (χ2n) is 0. The van der Waals surface area contributed by atoms with E-state index in [0.29, 0.717) is 0 Å². The molecule has 0 aromatic carbocycles. The summed E-state index contributed by atoms with van der Waals surface area (Å²) in [5.41, 5.74) is 0. The van der Waals surface area contributed by atoms with E-state index < -0.39 is 99.8 Å². The van der Waals surface area contributed by atoms with Crippen molar-refractivity contribution in [1.82, 2.24) is 0 Å². The van der Waals surface area contributed by atoms with Crippen LogP contribution in [0.15, 0.2) is 0 Å². The molecule has 0 bridgehead atoms. The first-order valence-corrected chi connectivity index (χ1v) is 16.5. The molecule has 6 heavy (non-hydrogen) atoms. The molecule has 0 aliphatic carbocycles. The summed E-state index contributed by atoms with van der Waals surface area (Å²) in [4.78, 5) is 0. The Kier molecular flexibility index (Phi) is 94.5. The van der Waals surface area contributed by atoms with E-state index >= 15 is 0 Å². The fraction of sp³-hybridized carbons (Fsp3) is 0. The van der Waals surface area contributed by atoms with E-state index in [2.05, 4.69) is 0 Å². The molecule has 0 radical (unpaired) electrons. The van der Waals surface area contributed by atoms with Gasteiger partial charge in [0.2, 0.25) is 0 Å². The van der Waals surface area contributed by atoms with Gasteiger partial charge in [-0.15, -0.1) is 0 Å². The molecular formula is F2K2Ta2. The number of rotatable bonds is 0. The van der Waals surface area contributed by atoms with Crippen molar-refractivity contribution < 1.29 is 34.9 Å². The predicted molar refractivity (Wildman–Crippen MR) is 13.7 cm³/mol. The summed E-state index contributed by atoms with van der Waals surface area (Å²) in [7, 11) is 0. The molecule has 0 amide bonds. The van der Waals surface area contributed by atoms with Crippen LogP contribution in [0.3, 0.4) is 0 Å². The Morgan fingerprint density at radius 2 is 0.833 bits per heavy atom. The molecule has 0 aromatic rings. The minimum atomic E-state index is -0.438. The second-order valence-corrected chi connectivity index (χ2v) is 0. The summed E-state index contributed by atoms with van der Waals surface area (Å²) in [6.07, 6.45) is 0. The Balaban J connectivity index is -0.0000000225. The Labute approximate surface area is 130 Å². The Morgan fingerprint density at radius 1 is 0.833 bits per heavy atom. The molecule has 6 heteroatoms. The molecule has 0 saturated carbocycles. The van der Waals surface area contributed by atoms with E-state index in [4.69, 9.17) is 0 Å². The minimum absolute atomic E-state index is 0.438. The molecule has 0 nitrogen and oxygen atoms in total. The van der Waals surface area contributed by atoms with Crippen molar-refractivity contribution in [2.45, 2.75) is 0 Å². The van der Waals surface area contributed by atoms with Crippen molar-refractivity contribution in [3.8, 4) is 0 Å². The van der Waals surface area contributed by atoms with Crippen LogP contribution in [-0.2, 0) is 35.3 Å². The maximum atomic E-state index is 9.69. The summed E-state index contributed by atoms with van der Waals surface area (Å²) in [5.74, 6) is 0. The van der Waals surface area contributed by atoms with Crippen LogP contribution < -0.4 is 0 Å². The summed E-state index contributed by atoms with van der Waals surface area (Å²) >= 11 is 2.24. The van der Waals surface area contributed by atoms with E-state index in [1.54, 1.807) is 35.3 Å². The average molecular weight is 478 g/mol. The molecule has 0 aliphatic heterocycles.